The van der Waals surface area contributed by atoms with Gasteiger partial charge in [-0.2, -0.15) is 0 Å². The fraction of sp³-hybridized carbons (Fsp3) is 0.200. The molecule has 0 spiro atoms. The lowest BCUT2D eigenvalue weighted by atomic mass is 10.0. The molecule has 6 heteroatoms. The first kappa shape index (κ1) is 23.0. The third-order valence-corrected chi connectivity index (χ3v) is 5.65. The van der Waals surface area contributed by atoms with E-state index in [1.165, 1.54) is 5.56 Å². The minimum atomic E-state index is -0.222. The maximum absolute atomic E-state index is 13.1. The summed E-state index contributed by atoms with van der Waals surface area (Å²) in [5.41, 5.74) is 2.63. The molecule has 160 valence electrons. The molecule has 1 aliphatic heterocycles. The first-order chi connectivity index (χ1) is 14.6. The molecule has 1 aliphatic rings. The van der Waals surface area contributed by atoms with E-state index in [1.807, 2.05) is 36.4 Å². The number of halogens is 2. The van der Waals surface area contributed by atoms with Crippen molar-refractivity contribution in [2.75, 3.05) is 11.9 Å². The Hall–Kier alpha value is -2.66. The average molecular weight is 455 g/mol. The van der Waals surface area contributed by atoms with Crippen LogP contribution < -0.4 is 5.32 Å². The topological polar surface area (TPSA) is 49.4 Å². The van der Waals surface area contributed by atoms with Gasteiger partial charge in [0.1, 0.15) is 0 Å². The molecule has 3 aromatic rings. The van der Waals surface area contributed by atoms with Gasteiger partial charge in [0.25, 0.3) is 0 Å². The molecule has 3 aromatic carbocycles. The lowest BCUT2D eigenvalue weighted by Gasteiger charge is -2.24. The predicted molar refractivity (Wildman–Crippen MR) is 127 cm³/mol. The molecule has 0 unspecified atom stereocenters. The molecule has 4 rings (SSSR count). The fourth-order valence-electron chi connectivity index (χ4n) is 3.90. The molecule has 0 radical (unpaired) electrons. The van der Waals surface area contributed by atoms with Crippen LogP contribution in [0.1, 0.15) is 34.3 Å². The van der Waals surface area contributed by atoms with Gasteiger partial charge in [0.2, 0.25) is 5.91 Å². The van der Waals surface area contributed by atoms with Gasteiger partial charge in [0, 0.05) is 22.7 Å². The Kier molecular flexibility index (Phi) is 7.85. The van der Waals surface area contributed by atoms with Gasteiger partial charge >= 0.3 is 0 Å². The van der Waals surface area contributed by atoms with Crippen molar-refractivity contribution in [1.29, 1.82) is 0 Å². The van der Waals surface area contributed by atoms with Crippen molar-refractivity contribution in [3.05, 3.63) is 101 Å². The van der Waals surface area contributed by atoms with Gasteiger partial charge in [-0.3, -0.25) is 14.5 Å². The quantitative estimate of drug-likeness (QED) is 0.493. The number of rotatable bonds is 6. The Morgan fingerprint density at radius 3 is 2.35 bits per heavy atom. The standard InChI is InChI=1S/C25H23ClN2O2.ClH/c26-20-13-14-22(21(16-20)24(29)19-10-5-2-6-11-19)27-25(30)23-12-7-15-28(23)17-18-8-3-1-4-9-18;/h1-6,8-11,13-14,16,23H,7,12,15,17H2,(H,27,30);1H/t23-;/m0./s1. The Bertz CT molecular complexity index is 1040. The number of hydrogen-bond acceptors (Lipinski definition) is 3. The van der Waals surface area contributed by atoms with Gasteiger partial charge in [-0.1, -0.05) is 72.3 Å². The van der Waals surface area contributed by atoms with E-state index in [0.29, 0.717) is 21.8 Å². The molecule has 0 saturated carbocycles. The molecule has 0 aromatic heterocycles. The number of nitrogens with zero attached hydrogens (tertiary/aromatic N) is 1. The van der Waals surface area contributed by atoms with Crippen molar-refractivity contribution < 1.29 is 9.59 Å². The summed E-state index contributed by atoms with van der Waals surface area (Å²) in [6, 6.07) is 23.9. The number of anilines is 1. The summed E-state index contributed by atoms with van der Waals surface area (Å²) in [5, 5.41) is 3.44. The SMILES string of the molecule is Cl.O=C(c1ccccc1)c1cc(Cl)ccc1NC(=O)[C@@H]1CCCN1Cc1ccccc1. The second-order valence-electron chi connectivity index (χ2n) is 7.49. The van der Waals surface area contributed by atoms with Crippen LogP contribution in [-0.4, -0.2) is 29.2 Å². The van der Waals surface area contributed by atoms with Crippen molar-refractivity contribution in [3.8, 4) is 0 Å². The Balaban J connectivity index is 0.00000272. The Morgan fingerprint density at radius 1 is 0.968 bits per heavy atom. The molecule has 1 atom stereocenters. The lowest BCUT2D eigenvalue weighted by molar-refractivity contribution is -0.120. The van der Waals surface area contributed by atoms with Crippen LogP contribution in [0.25, 0.3) is 0 Å². The molecule has 1 fully saturated rings. The van der Waals surface area contributed by atoms with Gasteiger partial charge in [-0.05, 0) is 43.1 Å². The van der Waals surface area contributed by atoms with Gasteiger partial charge in [0.15, 0.2) is 5.78 Å². The Morgan fingerprint density at radius 2 is 1.65 bits per heavy atom. The van der Waals surface area contributed by atoms with E-state index in [-0.39, 0.29) is 30.1 Å². The second-order valence-corrected chi connectivity index (χ2v) is 7.92. The summed E-state index contributed by atoms with van der Waals surface area (Å²) < 4.78 is 0. The molecule has 4 nitrogen and oxygen atoms in total. The first-order valence-electron chi connectivity index (χ1n) is 10.1. The number of nitrogens with one attached hydrogen (secondary N) is 1. The molecule has 0 bridgehead atoms. The second kappa shape index (κ2) is 10.6. The zero-order chi connectivity index (χ0) is 20.9. The minimum absolute atomic E-state index is 0. The van der Waals surface area contributed by atoms with Crippen LogP contribution >= 0.6 is 24.0 Å². The van der Waals surface area contributed by atoms with E-state index in [2.05, 4.69) is 22.3 Å². The number of ketones is 1. The van der Waals surface area contributed by atoms with Crippen molar-refractivity contribution >= 4 is 41.4 Å². The summed E-state index contributed by atoms with van der Waals surface area (Å²) in [6.45, 7) is 1.61. The fourth-order valence-corrected chi connectivity index (χ4v) is 4.08. The lowest BCUT2D eigenvalue weighted by Crippen LogP contribution is -2.39. The monoisotopic (exact) mass is 454 g/mol. The smallest absolute Gasteiger partial charge is 0.241 e. The minimum Gasteiger partial charge on any atom is -0.324 e. The number of amides is 1. The summed E-state index contributed by atoms with van der Waals surface area (Å²) in [7, 11) is 0. The predicted octanol–water partition coefficient (Wildman–Crippen LogP) is 5.60. The maximum Gasteiger partial charge on any atom is 0.241 e. The van der Waals surface area contributed by atoms with Crippen molar-refractivity contribution in [2.45, 2.75) is 25.4 Å². The van der Waals surface area contributed by atoms with Gasteiger partial charge in [-0.15, -0.1) is 12.4 Å². The average Bonchev–Trinajstić information content (AvgIpc) is 3.24. The van der Waals surface area contributed by atoms with Crippen molar-refractivity contribution in [1.82, 2.24) is 4.90 Å². The summed E-state index contributed by atoms with van der Waals surface area (Å²) in [6.07, 6.45) is 1.77. The van der Waals surface area contributed by atoms with Crippen LogP contribution in [0, 0.1) is 0 Å². The number of hydrogen-bond donors (Lipinski definition) is 1. The zero-order valence-corrected chi connectivity index (χ0v) is 18.5. The van der Waals surface area contributed by atoms with Gasteiger partial charge in [0.05, 0.1) is 11.7 Å². The molecule has 31 heavy (non-hydrogen) atoms. The highest BCUT2D eigenvalue weighted by Crippen LogP contribution is 2.26. The maximum atomic E-state index is 13.1. The zero-order valence-electron chi connectivity index (χ0n) is 17.0. The molecule has 1 saturated heterocycles. The van der Waals surface area contributed by atoms with Crippen LogP contribution in [0.15, 0.2) is 78.9 Å². The van der Waals surface area contributed by atoms with Crippen LogP contribution in [0.3, 0.4) is 0 Å². The number of carbonyl (C=O) groups excluding carboxylic acids is 2. The van der Waals surface area contributed by atoms with Gasteiger partial charge in [-0.25, -0.2) is 0 Å². The van der Waals surface area contributed by atoms with Crippen molar-refractivity contribution in [3.63, 3.8) is 0 Å². The third-order valence-electron chi connectivity index (χ3n) is 5.41. The van der Waals surface area contributed by atoms with Crippen molar-refractivity contribution in [2.24, 2.45) is 0 Å². The van der Waals surface area contributed by atoms with Crippen LogP contribution in [-0.2, 0) is 11.3 Å². The normalized spacial score (nSPS) is 15.8. The summed E-state index contributed by atoms with van der Waals surface area (Å²) in [5.74, 6) is -0.256. The van der Waals surface area contributed by atoms with Gasteiger partial charge < -0.3 is 5.32 Å². The van der Waals surface area contributed by atoms with E-state index in [4.69, 9.17) is 11.6 Å². The van der Waals surface area contributed by atoms with Crippen LogP contribution in [0.4, 0.5) is 5.69 Å². The highest BCUT2D eigenvalue weighted by molar-refractivity contribution is 6.31. The molecule has 1 heterocycles. The van der Waals surface area contributed by atoms with E-state index in [0.717, 1.165) is 25.9 Å². The molecule has 1 N–H and O–H groups in total. The number of likely N-dealkylation sites (tertiary alicyclic amines) is 1. The van der Waals surface area contributed by atoms with E-state index in [9.17, 15) is 9.59 Å². The Labute approximate surface area is 193 Å². The third kappa shape index (κ3) is 5.53. The number of benzene rings is 3. The summed E-state index contributed by atoms with van der Waals surface area (Å²) >= 11 is 6.15. The largest absolute Gasteiger partial charge is 0.324 e. The molecule has 0 aliphatic carbocycles. The van der Waals surface area contributed by atoms with Crippen LogP contribution in [0.2, 0.25) is 5.02 Å². The molecular formula is C25H24Cl2N2O2. The van der Waals surface area contributed by atoms with E-state index >= 15 is 0 Å². The molecule has 1 amide bonds. The highest BCUT2D eigenvalue weighted by Gasteiger charge is 2.31. The highest BCUT2D eigenvalue weighted by atomic mass is 35.5. The first-order valence-corrected chi connectivity index (χ1v) is 10.5. The summed E-state index contributed by atoms with van der Waals surface area (Å²) in [4.78, 5) is 28.3. The number of carbonyl (C=O) groups is 2. The molecular weight excluding hydrogens is 431 g/mol. The van der Waals surface area contributed by atoms with E-state index < -0.39 is 0 Å². The van der Waals surface area contributed by atoms with E-state index in [1.54, 1.807) is 30.3 Å². The van der Waals surface area contributed by atoms with Crippen LogP contribution in [0.5, 0.6) is 0 Å².